The summed E-state index contributed by atoms with van der Waals surface area (Å²) in [6, 6.07) is 7.14. The fourth-order valence-corrected chi connectivity index (χ4v) is 2.66. The largest absolute Gasteiger partial charge is 0.349 e. The number of benzene rings is 1. The number of amides is 1. The molecular weight excluding hydrogens is 317 g/mol. The van der Waals surface area contributed by atoms with Crippen LogP contribution in [0.1, 0.15) is 20.3 Å². The summed E-state index contributed by atoms with van der Waals surface area (Å²) in [6.07, 6.45) is 0.459. The van der Waals surface area contributed by atoms with Crippen molar-refractivity contribution in [2.45, 2.75) is 25.9 Å². The number of nitrogens with one attached hydrogen (secondary N) is 1. The lowest BCUT2D eigenvalue weighted by Crippen LogP contribution is -2.27. The third-order valence-corrected chi connectivity index (χ3v) is 3.92. The summed E-state index contributed by atoms with van der Waals surface area (Å²) in [5.74, 6) is -0.114. The molecule has 18 heavy (non-hydrogen) atoms. The van der Waals surface area contributed by atoms with Gasteiger partial charge in [-0.05, 0) is 36.6 Å². The van der Waals surface area contributed by atoms with E-state index < -0.39 is 14.0 Å². The lowest BCUT2D eigenvalue weighted by atomic mass is 10.1. The molecule has 4 nitrogen and oxygen atoms in total. The number of rotatable bonds is 5. The topological polar surface area (TPSA) is 69.6 Å². The molecule has 0 radical (unpaired) electrons. The van der Waals surface area contributed by atoms with Gasteiger partial charge in [-0.25, -0.2) is 0 Å². The van der Waals surface area contributed by atoms with Gasteiger partial charge in [0.1, 0.15) is 5.66 Å². The third kappa shape index (κ3) is 5.02. The molecule has 0 bridgehead atoms. The van der Waals surface area contributed by atoms with Gasteiger partial charge in [0, 0.05) is 10.2 Å². The predicted octanol–water partition coefficient (Wildman–Crippen LogP) is 3.10. The highest BCUT2D eigenvalue weighted by Crippen LogP contribution is 2.36. The smallest absolute Gasteiger partial charge is 0.236 e. The molecule has 3 N–H and O–H groups in total. The summed E-state index contributed by atoms with van der Waals surface area (Å²) >= 11 is 3.31. The highest BCUT2D eigenvalue weighted by Gasteiger charge is 2.27. The minimum atomic E-state index is -2.26. The van der Waals surface area contributed by atoms with E-state index >= 15 is 0 Å². The van der Waals surface area contributed by atoms with Crippen molar-refractivity contribution in [3.05, 3.63) is 28.7 Å². The van der Waals surface area contributed by atoms with Gasteiger partial charge < -0.3 is 15.1 Å². The number of carbonyl (C=O) groups is 1. The third-order valence-electron chi connectivity index (χ3n) is 2.39. The van der Waals surface area contributed by atoms with Crippen molar-refractivity contribution in [3.63, 3.8) is 0 Å². The maximum absolute atomic E-state index is 11.9. The van der Waals surface area contributed by atoms with E-state index in [0.29, 0.717) is 12.1 Å². The van der Waals surface area contributed by atoms with Crippen LogP contribution < -0.4 is 5.32 Å². The monoisotopic (exact) mass is 333 g/mol. The Morgan fingerprint density at radius 3 is 2.33 bits per heavy atom. The van der Waals surface area contributed by atoms with Crippen LogP contribution in [0.5, 0.6) is 0 Å². The Morgan fingerprint density at radius 2 is 1.89 bits per heavy atom. The van der Waals surface area contributed by atoms with Crippen LogP contribution in [0.3, 0.4) is 0 Å². The van der Waals surface area contributed by atoms with Gasteiger partial charge in [-0.2, -0.15) is 0 Å². The van der Waals surface area contributed by atoms with Crippen LogP contribution in [-0.2, 0) is 4.79 Å². The molecule has 0 aliphatic carbocycles. The van der Waals surface area contributed by atoms with E-state index in [9.17, 15) is 14.6 Å². The number of hydrogen-bond donors (Lipinski definition) is 3. The molecule has 1 amide bonds. The molecule has 1 atom stereocenters. The van der Waals surface area contributed by atoms with Crippen LogP contribution in [-0.4, -0.2) is 21.4 Å². The van der Waals surface area contributed by atoms with E-state index in [0.717, 1.165) is 4.47 Å². The lowest BCUT2D eigenvalue weighted by molar-refractivity contribution is -0.116. The van der Waals surface area contributed by atoms with Gasteiger partial charge in [0.15, 0.2) is 8.38 Å². The minimum absolute atomic E-state index is 0.231. The van der Waals surface area contributed by atoms with Crippen LogP contribution in [0, 0.1) is 5.92 Å². The van der Waals surface area contributed by atoms with Gasteiger partial charge in [0.2, 0.25) is 5.91 Å². The van der Waals surface area contributed by atoms with E-state index in [1.807, 2.05) is 26.0 Å². The molecule has 0 saturated carbocycles. The molecule has 0 aliphatic heterocycles. The predicted molar refractivity (Wildman–Crippen MR) is 77.4 cm³/mol. The van der Waals surface area contributed by atoms with Gasteiger partial charge in [0.05, 0.1) is 0 Å². The number of halogens is 1. The maximum atomic E-state index is 11.9. The normalized spacial score (nSPS) is 12.8. The minimum Gasteiger partial charge on any atom is -0.349 e. The highest BCUT2D eigenvalue weighted by atomic mass is 79.9. The number of anilines is 1. The summed E-state index contributed by atoms with van der Waals surface area (Å²) in [5, 5.41) is 2.69. The molecule has 0 spiro atoms. The quantitative estimate of drug-likeness (QED) is 0.725. The van der Waals surface area contributed by atoms with Crippen molar-refractivity contribution in [1.29, 1.82) is 0 Å². The van der Waals surface area contributed by atoms with E-state index in [1.165, 1.54) is 0 Å². The van der Waals surface area contributed by atoms with E-state index in [4.69, 9.17) is 0 Å². The zero-order valence-electron chi connectivity index (χ0n) is 10.3. The Hall–Kier alpha value is -0.480. The number of hydrogen-bond acceptors (Lipinski definition) is 3. The lowest BCUT2D eigenvalue weighted by Gasteiger charge is -2.19. The standard InChI is InChI=1S/C12H17BrNO3P/c1-8(2)7-11(18(16)17)12(15)14-10-5-3-9(13)4-6-10/h3-6,8,11,16-17H,7H2,1-2H3,(H,14,15). The molecule has 100 valence electrons. The number of carbonyl (C=O) groups excluding carboxylic acids is 1. The van der Waals surface area contributed by atoms with Crippen molar-refractivity contribution in [1.82, 2.24) is 0 Å². The van der Waals surface area contributed by atoms with Gasteiger partial charge in [0.25, 0.3) is 0 Å². The Labute approximate surface area is 116 Å². The Kier molecular flexibility index (Phi) is 6.22. The molecule has 0 saturated heterocycles. The Balaban J connectivity index is 2.69. The molecular formula is C12H17BrNO3P. The van der Waals surface area contributed by atoms with Crippen molar-refractivity contribution >= 4 is 35.9 Å². The first kappa shape index (κ1) is 15.6. The first-order valence-corrected chi connectivity index (χ1v) is 7.74. The molecule has 1 aromatic carbocycles. The highest BCUT2D eigenvalue weighted by molar-refractivity contribution is 9.10. The summed E-state index contributed by atoms with van der Waals surface area (Å²) in [6.45, 7) is 3.89. The first-order chi connectivity index (χ1) is 8.40. The summed E-state index contributed by atoms with van der Waals surface area (Å²) in [5.41, 5.74) is -0.0996. The molecule has 0 aliphatic rings. The van der Waals surface area contributed by atoms with Gasteiger partial charge in [-0.3, -0.25) is 4.79 Å². The Bertz CT molecular complexity index is 395. The van der Waals surface area contributed by atoms with E-state index in [-0.39, 0.29) is 11.8 Å². The average Bonchev–Trinajstić information content (AvgIpc) is 2.28. The zero-order valence-corrected chi connectivity index (χ0v) is 12.8. The summed E-state index contributed by atoms with van der Waals surface area (Å²) in [7, 11) is -2.26. The molecule has 6 heteroatoms. The fourth-order valence-electron chi connectivity index (χ4n) is 1.51. The first-order valence-electron chi connectivity index (χ1n) is 5.63. The van der Waals surface area contributed by atoms with Gasteiger partial charge in [-0.15, -0.1) is 0 Å². The molecule has 0 fully saturated rings. The Morgan fingerprint density at radius 1 is 1.33 bits per heavy atom. The van der Waals surface area contributed by atoms with Gasteiger partial charge in [-0.1, -0.05) is 29.8 Å². The van der Waals surface area contributed by atoms with Crippen LogP contribution in [0.25, 0.3) is 0 Å². The van der Waals surface area contributed by atoms with E-state index in [1.54, 1.807) is 12.1 Å². The summed E-state index contributed by atoms with van der Waals surface area (Å²) in [4.78, 5) is 30.6. The van der Waals surface area contributed by atoms with E-state index in [2.05, 4.69) is 21.2 Å². The maximum Gasteiger partial charge on any atom is 0.236 e. The second kappa shape index (κ2) is 7.19. The van der Waals surface area contributed by atoms with Crippen molar-refractivity contribution in [2.75, 3.05) is 5.32 Å². The van der Waals surface area contributed by atoms with Gasteiger partial charge >= 0.3 is 0 Å². The SMILES string of the molecule is CC(C)CC(C(=O)Nc1ccc(Br)cc1)P(O)O. The molecule has 1 rings (SSSR count). The second-order valence-electron chi connectivity index (χ2n) is 4.46. The molecule has 0 aromatic heterocycles. The van der Waals surface area contributed by atoms with Crippen LogP contribution in [0.15, 0.2) is 28.7 Å². The summed E-state index contributed by atoms with van der Waals surface area (Å²) < 4.78 is 0.922. The van der Waals surface area contributed by atoms with Crippen molar-refractivity contribution in [3.8, 4) is 0 Å². The molecule has 0 heterocycles. The molecule has 1 unspecified atom stereocenters. The van der Waals surface area contributed by atoms with Crippen molar-refractivity contribution in [2.24, 2.45) is 5.92 Å². The second-order valence-corrected chi connectivity index (χ2v) is 6.64. The van der Waals surface area contributed by atoms with Crippen LogP contribution >= 0.6 is 24.3 Å². The average molecular weight is 334 g/mol. The fraction of sp³-hybridized carbons (Fsp3) is 0.417. The van der Waals surface area contributed by atoms with Crippen molar-refractivity contribution < 1.29 is 14.6 Å². The van der Waals surface area contributed by atoms with Crippen LogP contribution in [0.2, 0.25) is 0 Å². The molecule has 1 aromatic rings. The van der Waals surface area contributed by atoms with Crippen LogP contribution in [0.4, 0.5) is 5.69 Å². The zero-order chi connectivity index (χ0) is 13.7.